The number of carbonyl (C=O) groups excluding carboxylic acids is 2. The van der Waals surface area contributed by atoms with E-state index in [4.69, 9.17) is 11.6 Å². The number of piperidine rings is 1. The molecule has 2 aromatic carbocycles. The lowest BCUT2D eigenvalue weighted by atomic mass is 9.89. The van der Waals surface area contributed by atoms with Gasteiger partial charge in [-0.3, -0.25) is 9.59 Å². The zero-order chi connectivity index (χ0) is 18.1. The molecule has 1 aliphatic carbocycles. The fourth-order valence-corrected chi connectivity index (χ4v) is 3.80. The van der Waals surface area contributed by atoms with Crippen molar-refractivity contribution < 1.29 is 9.59 Å². The van der Waals surface area contributed by atoms with Crippen molar-refractivity contribution in [3.8, 4) is 0 Å². The lowest BCUT2D eigenvalue weighted by Crippen LogP contribution is -2.39. The summed E-state index contributed by atoms with van der Waals surface area (Å²) in [5.41, 5.74) is 2.45. The van der Waals surface area contributed by atoms with Crippen molar-refractivity contribution in [3.63, 3.8) is 0 Å². The first-order valence-electron chi connectivity index (χ1n) is 8.85. The van der Waals surface area contributed by atoms with E-state index in [-0.39, 0.29) is 11.6 Å². The Morgan fingerprint density at radius 2 is 1.54 bits per heavy atom. The summed E-state index contributed by atoms with van der Waals surface area (Å²) in [5.74, 6) is -0.243. The summed E-state index contributed by atoms with van der Waals surface area (Å²) in [6.45, 7) is 1.58. The monoisotopic (exact) mass is 366 g/mol. The number of Topliss-reactive ketones (excluding diaryl/α,β-unsaturated/α-hetero) is 2. The molecule has 0 aromatic heterocycles. The van der Waals surface area contributed by atoms with Crippen LogP contribution < -0.4 is 5.32 Å². The molecule has 1 saturated heterocycles. The fraction of sp³-hybridized carbons (Fsp3) is 0.238. The van der Waals surface area contributed by atoms with E-state index in [1.165, 1.54) is 0 Å². The standard InChI is InChI=1S/C21H19ClN2O2/c22-14-7-6-8-15(13-14)23-18-19(24-11-4-1-5-12-24)21(26)17-10-3-2-9-16(17)20(18)25/h2-3,6-10,13,23H,1,4-5,11-12H2. The Morgan fingerprint density at radius 3 is 2.23 bits per heavy atom. The number of rotatable bonds is 3. The minimum absolute atomic E-state index is 0.0911. The molecule has 4 rings (SSSR count). The SMILES string of the molecule is O=C1C(Nc2cccc(Cl)c2)=C(N2CCCCC2)C(=O)c2ccccc21. The Hall–Kier alpha value is -2.59. The van der Waals surface area contributed by atoms with E-state index < -0.39 is 0 Å². The summed E-state index contributed by atoms with van der Waals surface area (Å²) >= 11 is 6.08. The Balaban J connectivity index is 1.82. The molecule has 0 saturated carbocycles. The number of hydrogen-bond donors (Lipinski definition) is 1. The number of fused-ring (bicyclic) bond motifs is 1. The number of allylic oxidation sites excluding steroid dienone is 2. The molecule has 1 aliphatic heterocycles. The number of hydrogen-bond acceptors (Lipinski definition) is 4. The highest BCUT2D eigenvalue weighted by Crippen LogP contribution is 2.31. The third kappa shape index (κ3) is 3.01. The highest BCUT2D eigenvalue weighted by Gasteiger charge is 2.35. The van der Waals surface area contributed by atoms with E-state index >= 15 is 0 Å². The maximum atomic E-state index is 13.2. The summed E-state index contributed by atoms with van der Waals surface area (Å²) in [5, 5.41) is 3.75. The van der Waals surface area contributed by atoms with Crippen molar-refractivity contribution in [2.45, 2.75) is 19.3 Å². The summed E-state index contributed by atoms with van der Waals surface area (Å²) in [4.78, 5) is 28.4. The smallest absolute Gasteiger partial charge is 0.212 e. The molecule has 0 bridgehead atoms. The van der Waals surface area contributed by atoms with Crippen LogP contribution in [0.5, 0.6) is 0 Å². The van der Waals surface area contributed by atoms with Crippen LogP contribution in [-0.4, -0.2) is 29.6 Å². The minimum atomic E-state index is -0.152. The third-order valence-corrected chi connectivity index (χ3v) is 5.10. The van der Waals surface area contributed by atoms with Crippen LogP contribution in [0.4, 0.5) is 5.69 Å². The van der Waals surface area contributed by atoms with Crippen molar-refractivity contribution in [2.24, 2.45) is 0 Å². The molecule has 132 valence electrons. The van der Waals surface area contributed by atoms with Gasteiger partial charge in [0.25, 0.3) is 0 Å². The zero-order valence-corrected chi connectivity index (χ0v) is 15.1. The van der Waals surface area contributed by atoms with Crippen molar-refractivity contribution in [2.75, 3.05) is 18.4 Å². The molecule has 2 aromatic rings. The Kier molecular flexibility index (Phi) is 4.51. The van der Waals surface area contributed by atoms with E-state index in [1.807, 2.05) is 17.0 Å². The van der Waals surface area contributed by atoms with Crippen molar-refractivity contribution >= 4 is 28.9 Å². The van der Waals surface area contributed by atoms with Crippen LogP contribution in [0, 0.1) is 0 Å². The predicted molar refractivity (Wildman–Crippen MR) is 103 cm³/mol. The van der Waals surface area contributed by atoms with Crippen LogP contribution in [0.25, 0.3) is 0 Å². The van der Waals surface area contributed by atoms with Crippen LogP contribution >= 0.6 is 11.6 Å². The van der Waals surface area contributed by atoms with Gasteiger partial charge in [0.2, 0.25) is 11.6 Å². The van der Waals surface area contributed by atoms with Gasteiger partial charge in [0, 0.05) is 34.9 Å². The van der Waals surface area contributed by atoms with Crippen LogP contribution in [0.2, 0.25) is 5.02 Å². The lowest BCUT2D eigenvalue weighted by molar-refractivity contribution is 0.0935. The third-order valence-electron chi connectivity index (χ3n) is 4.86. The number of benzene rings is 2. The number of likely N-dealkylation sites (tertiary alicyclic amines) is 1. The van der Waals surface area contributed by atoms with Gasteiger partial charge in [0.1, 0.15) is 11.4 Å². The van der Waals surface area contributed by atoms with Crippen molar-refractivity contribution in [1.29, 1.82) is 0 Å². The van der Waals surface area contributed by atoms with E-state index in [0.29, 0.717) is 33.2 Å². The number of halogens is 1. The van der Waals surface area contributed by atoms with E-state index in [0.717, 1.165) is 32.4 Å². The van der Waals surface area contributed by atoms with Gasteiger partial charge >= 0.3 is 0 Å². The summed E-state index contributed by atoms with van der Waals surface area (Å²) in [6, 6.07) is 14.2. The molecule has 4 nitrogen and oxygen atoms in total. The van der Waals surface area contributed by atoms with Gasteiger partial charge in [-0.2, -0.15) is 0 Å². The van der Waals surface area contributed by atoms with Gasteiger partial charge in [-0.05, 0) is 37.5 Å². The molecular weight excluding hydrogens is 348 g/mol. The maximum Gasteiger partial charge on any atom is 0.212 e. The van der Waals surface area contributed by atoms with E-state index in [1.54, 1.807) is 36.4 Å². The molecule has 1 N–H and O–H groups in total. The molecule has 0 radical (unpaired) electrons. The molecule has 0 unspecified atom stereocenters. The maximum absolute atomic E-state index is 13.2. The Morgan fingerprint density at radius 1 is 0.846 bits per heavy atom. The normalized spacial score (nSPS) is 17.3. The first-order valence-corrected chi connectivity index (χ1v) is 9.23. The molecule has 2 aliphatic rings. The first-order chi connectivity index (χ1) is 12.6. The lowest BCUT2D eigenvalue weighted by Gasteiger charge is -2.34. The number of anilines is 1. The van der Waals surface area contributed by atoms with Crippen molar-refractivity contribution in [3.05, 3.63) is 76.1 Å². The molecule has 0 spiro atoms. The number of nitrogens with one attached hydrogen (secondary N) is 1. The van der Waals surface area contributed by atoms with Gasteiger partial charge in [-0.15, -0.1) is 0 Å². The van der Waals surface area contributed by atoms with E-state index in [2.05, 4.69) is 5.32 Å². The van der Waals surface area contributed by atoms with Gasteiger partial charge in [0.15, 0.2) is 0 Å². The summed E-state index contributed by atoms with van der Waals surface area (Å²) in [7, 11) is 0. The fourth-order valence-electron chi connectivity index (χ4n) is 3.61. The molecule has 0 amide bonds. The van der Waals surface area contributed by atoms with Gasteiger partial charge in [-0.25, -0.2) is 0 Å². The molecule has 1 heterocycles. The Labute approximate surface area is 157 Å². The minimum Gasteiger partial charge on any atom is -0.367 e. The second kappa shape index (κ2) is 6.96. The van der Waals surface area contributed by atoms with Crippen LogP contribution in [-0.2, 0) is 0 Å². The number of carbonyl (C=O) groups is 2. The second-order valence-electron chi connectivity index (χ2n) is 6.61. The average molecular weight is 367 g/mol. The predicted octanol–water partition coefficient (Wildman–Crippen LogP) is 4.53. The molecule has 26 heavy (non-hydrogen) atoms. The summed E-state index contributed by atoms with van der Waals surface area (Å²) < 4.78 is 0. The number of nitrogens with zero attached hydrogens (tertiary/aromatic N) is 1. The highest BCUT2D eigenvalue weighted by atomic mass is 35.5. The first kappa shape index (κ1) is 16.9. The molecule has 1 fully saturated rings. The molecule has 0 atom stereocenters. The Bertz CT molecular complexity index is 914. The van der Waals surface area contributed by atoms with Gasteiger partial charge in [0.05, 0.1) is 0 Å². The van der Waals surface area contributed by atoms with Crippen LogP contribution in [0.15, 0.2) is 59.9 Å². The average Bonchev–Trinajstić information content (AvgIpc) is 2.67. The van der Waals surface area contributed by atoms with Crippen molar-refractivity contribution in [1.82, 2.24) is 4.90 Å². The van der Waals surface area contributed by atoms with Gasteiger partial charge in [-0.1, -0.05) is 41.9 Å². The zero-order valence-electron chi connectivity index (χ0n) is 14.3. The topological polar surface area (TPSA) is 49.4 Å². The molecule has 5 heteroatoms. The van der Waals surface area contributed by atoms with Crippen LogP contribution in [0.1, 0.15) is 40.0 Å². The van der Waals surface area contributed by atoms with Gasteiger partial charge < -0.3 is 10.2 Å². The quantitative estimate of drug-likeness (QED) is 0.867. The second-order valence-corrected chi connectivity index (χ2v) is 7.05. The summed E-state index contributed by atoms with van der Waals surface area (Å²) in [6.07, 6.45) is 3.20. The largest absolute Gasteiger partial charge is 0.367 e. The number of ketones is 2. The van der Waals surface area contributed by atoms with Crippen LogP contribution in [0.3, 0.4) is 0 Å². The molecular formula is C21H19ClN2O2. The van der Waals surface area contributed by atoms with E-state index in [9.17, 15) is 9.59 Å². The highest BCUT2D eigenvalue weighted by molar-refractivity contribution is 6.31.